The third-order valence-corrected chi connectivity index (χ3v) is 5.87. The fourth-order valence-corrected chi connectivity index (χ4v) is 4.52. The number of anilines is 1. The van der Waals surface area contributed by atoms with Gasteiger partial charge in [-0.05, 0) is 48.9 Å². The Balaban J connectivity index is 2.01. The number of halogens is 3. The number of methoxy groups -OCH3 is 1. The molecule has 168 valence electrons. The van der Waals surface area contributed by atoms with Crippen LogP contribution in [0.3, 0.4) is 0 Å². The van der Waals surface area contributed by atoms with Crippen molar-refractivity contribution in [2.24, 2.45) is 0 Å². The van der Waals surface area contributed by atoms with Gasteiger partial charge in [0.15, 0.2) is 0 Å². The molecule has 0 aromatic heterocycles. The van der Waals surface area contributed by atoms with E-state index in [1.165, 1.54) is 48.4 Å². The maximum Gasteiger partial charge on any atom is 0.300 e. The molecule has 33 heavy (non-hydrogen) atoms. The number of ether oxygens (including phenoxy) is 1. The first-order valence-corrected chi connectivity index (χ1v) is 10.6. The van der Waals surface area contributed by atoms with E-state index in [4.69, 9.17) is 27.9 Å². The molecule has 0 radical (unpaired) electrons. The van der Waals surface area contributed by atoms with Gasteiger partial charge in [0.25, 0.3) is 11.7 Å². The lowest BCUT2D eigenvalue weighted by Crippen LogP contribution is -2.29. The molecule has 3 aromatic carbocycles. The van der Waals surface area contributed by atoms with E-state index < -0.39 is 29.3 Å². The number of aliphatic hydroxyl groups is 1. The molecule has 0 aliphatic carbocycles. The van der Waals surface area contributed by atoms with Gasteiger partial charge in [0.2, 0.25) is 0 Å². The molecule has 8 heteroatoms. The Hall–Kier alpha value is -3.35. The molecule has 0 spiro atoms. The number of rotatable bonds is 4. The van der Waals surface area contributed by atoms with Crippen molar-refractivity contribution >= 4 is 46.3 Å². The van der Waals surface area contributed by atoms with E-state index in [0.717, 1.165) is 5.56 Å². The lowest BCUT2D eigenvalue weighted by atomic mass is 9.94. The molecule has 1 fully saturated rings. The minimum absolute atomic E-state index is 0.0739. The van der Waals surface area contributed by atoms with Crippen molar-refractivity contribution in [1.29, 1.82) is 0 Å². The number of ketones is 1. The number of aliphatic hydroxyl groups excluding tert-OH is 1. The zero-order chi connectivity index (χ0) is 23.9. The van der Waals surface area contributed by atoms with Crippen molar-refractivity contribution in [3.05, 3.63) is 98.8 Å². The molecule has 0 saturated carbocycles. The molecule has 1 unspecified atom stereocenters. The largest absolute Gasteiger partial charge is 0.507 e. The van der Waals surface area contributed by atoms with Crippen LogP contribution in [0.25, 0.3) is 5.76 Å². The number of benzene rings is 3. The Morgan fingerprint density at radius 2 is 1.76 bits per heavy atom. The second kappa shape index (κ2) is 8.89. The molecule has 1 N–H and O–H groups in total. The molecule has 4 rings (SSSR count). The summed E-state index contributed by atoms with van der Waals surface area (Å²) in [6.07, 6.45) is 0. The monoisotopic (exact) mass is 485 g/mol. The zero-order valence-electron chi connectivity index (χ0n) is 17.6. The normalized spacial score (nSPS) is 17.5. The fourth-order valence-electron chi connectivity index (χ4n) is 3.94. The lowest BCUT2D eigenvalue weighted by Gasteiger charge is -2.26. The van der Waals surface area contributed by atoms with Crippen molar-refractivity contribution in [3.63, 3.8) is 0 Å². The fraction of sp³-hybridized carbons (Fsp3) is 0.120. The van der Waals surface area contributed by atoms with E-state index in [0.29, 0.717) is 11.3 Å². The smallest absolute Gasteiger partial charge is 0.300 e. The van der Waals surface area contributed by atoms with Crippen LogP contribution in [-0.2, 0) is 9.59 Å². The second-order valence-electron chi connectivity index (χ2n) is 7.53. The van der Waals surface area contributed by atoms with E-state index in [2.05, 4.69) is 0 Å². The van der Waals surface area contributed by atoms with Gasteiger partial charge in [-0.3, -0.25) is 14.5 Å². The van der Waals surface area contributed by atoms with Crippen molar-refractivity contribution < 1.29 is 23.8 Å². The van der Waals surface area contributed by atoms with E-state index in [9.17, 15) is 19.1 Å². The van der Waals surface area contributed by atoms with Gasteiger partial charge in [0.05, 0.1) is 29.3 Å². The van der Waals surface area contributed by atoms with E-state index in [1.54, 1.807) is 12.1 Å². The zero-order valence-corrected chi connectivity index (χ0v) is 19.1. The van der Waals surface area contributed by atoms with Crippen LogP contribution < -0.4 is 9.64 Å². The summed E-state index contributed by atoms with van der Waals surface area (Å²) >= 11 is 12.4. The number of aryl methyl sites for hydroxylation is 1. The third-order valence-electron chi connectivity index (χ3n) is 5.37. The maximum absolute atomic E-state index is 13.5. The molecule has 3 aromatic rings. The summed E-state index contributed by atoms with van der Waals surface area (Å²) in [5.41, 5.74) is 1.70. The predicted octanol–water partition coefficient (Wildman–Crippen LogP) is 6.08. The van der Waals surface area contributed by atoms with Gasteiger partial charge >= 0.3 is 0 Å². The van der Waals surface area contributed by atoms with Gasteiger partial charge in [-0.2, -0.15) is 0 Å². The van der Waals surface area contributed by atoms with Crippen LogP contribution in [0.4, 0.5) is 10.1 Å². The lowest BCUT2D eigenvalue weighted by molar-refractivity contribution is -0.132. The number of Topliss-reactive ketones (excluding diaryl/α,β-unsaturated/α-hetero) is 1. The average Bonchev–Trinajstić information content (AvgIpc) is 3.04. The number of hydrogen-bond acceptors (Lipinski definition) is 4. The van der Waals surface area contributed by atoms with Crippen molar-refractivity contribution in [2.45, 2.75) is 13.0 Å². The number of nitrogens with zero attached hydrogens (tertiary/aromatic N) is 1. The highest BCUT2D eigenvalue weighted by molar-refractivity contribution is 6.51. The number of hydrogen-bond donors (Lipinski definition) is 1. The molecular weight excluding hydrogens is 468 g/mol. The number of amides is 1. The van der Waals surface area contributed by atoms with Crippen LogP contribution in [0, 0.1) is 12.7 Å². The molecule has 1 atom stereocenters. The standard InChI is InChI=1S/C25H18Cl2FNO4/c1-13-4-3-5-14(10-13)21-20(22(30)18-11-15(26)12-19(27)24(18)33-2)23(31)25(32)29(21)17-8-6-16(28)7-9-17/h3-12,21,30H,1-2H3/b22-20+. The Bertz CT molecular complexity index is 1300. The average molecular weight is 486 g/mol. The van der Waals surface area contributed by atoms with Gasteiger partial charge in [-0.1, -0.05) is 53.0 Å². The quantitative estimate of drug-likeness (QED) is 0.276. The van der Waals surface area contributed by atoms with Gasteiger partial charge in [0.1, 0.15) is 17.3 Å². The molecule has 1 heterocycles. The summed E-state index contributed by atoms with van der Waals surface area (Å²) in [6.45, 7) is 1.87. The van der Waals surface area contributed by atoms with Crippen molar-refractivity contribution in [1.82, 2.24) is 0 Å². The van der Waals surface area contributed by atoms with Crippen LogP contribution in [0.1, 0.15) is 22.7 Å². The molecule has 1 aliphatic heterocycles. The molecule has 1 amide bonds. The molecule has 1 aliphatic rings. The first-order valence-electron chi connectivity index (χ1n) is 9.89. The van der Waals surface area contributed by atoms with Crippen LogP contribution in [0.2, 0.25) is 10.0 Å². The highest BCUT2D eigenvalue weighted by Gasteiger charge is 2.47. The van der Waals surface area contributed by atoms with Crippen LogP contribution in [0.5, 0.6) is 5.75 Å². The Morgan fingerprint density at radius 1 is 1.06 bits per heavy atom. The second-order valence-corrected chi connectivity index (χ2v) is 8.37. The van der Waals surface area contributed by atoms with Gasteiger partial charge in [-0.25, -0.2) is 4.39 Å². The van der Waals surface area contributed by atoms with E-state index in [-0.39, 0.29) is 26.9 Å². The van der Waals surface area contributed by atoms with Gasteiger partial charge in [0, 0.05) is 10.7 Å². The summed E-state index contributed by atoms with van der Waals surface area (Å²) < 4.78 is 18.9. The van der Waals surface area contributed by atoms with Crippen molar-refractivity contribution in [2.75, 3.05) is 12.0 Å². The predicted molar refractivity (Wildman–Crippen MR) is 125 cm³/mol. The highest BCUT2D eigenvalue weighted by atomic mass is 35.5. The molecule has 0 bridgehead atoms. The highest BCUT2D eigenvalue weighted by Crippen LogP contribution is 2.45. The summed E-state index contributed by atoms with van der Waals surface area (Å²) in [6, 6.07) is 14.3. The molecule has 5 nitrogen and oxygen atoms in total. The Morgan fingerprint density at radius 3 is 2.39 bits per heavy atom. The number of carbonyl (C=O) groups is 2. The minimum Gasteiger partial charge on any atom is -0.507 e. The Kier molecular flexibility index (Phi) is 6.15. The molecule has 1 saturated heterocycles. The Labute approximate surface area is 199 Å². The van der Waals surface area contributed by atoms with Gasteiger partial charge in [-0.15, -0.1) is 0 Å². The van der Waals surface area contributed by atoms with Gasteiger partial charge < -0.3 is 9.84 Å². The third kappa shape index (κ3) is 4.08. The van der Waals surface area contributed by atoms with Crippen LogP contribution in [0.15, 0.2) is 66.2 Å². The van der Waals surface area contributed by atoms with E-state index in [1.807, 2.05) is 19.1 Å². The van der Waals surface area contributed by atoms with Crippen LogP contribution in [-0.4, -0.2) is 23.9 Å². The number of carbonyl (C=O) groups excluding carboxylic acids is 2. The summed E-state index contributed by atoms with van der Waals surface area (Å²) in [5.74, 6) is -2.62. The minimum atomic E-state index is -0.974. The topological polar surface area (TPSA) is 66.8 Å². The van der Waals surface area contributed by atoms with Crippen molar-refractivity contribution in [3.8, 4) is 5.75 Å². The SMILES string of the molecule is COc1c(Cl)cc(Cl)cc1/C(O)=C1\C(=O)C(=O)N(c2ccc(F)cc2)C1c1cccc(C)c1. The molecular formula is C25H18Cl2FNO4. The summed E-state index contributed by atoms with van der Waals surface area (Å²) in [4.78, 5) is 27.6. The first-order chi connectivity index (χ1) is 15.7. The van der Waals surface area contributed by atoms with E-state index >= 15 is 0 Å². The summed E-state index contributed by atoms with van der Waals surface area (Å²) in [5, 5.41) is 11.6. The van der Waals surface area contributed by atoms with Crippen LogP contribution >= 0.6 is 23.2 Å². The first kappa shape index (κ1) is 22.8. The summed E-state index contributed by atoms with van der Waals surface area (Å²) in [7, 11) is 1.36. The maximum atomic E-state index is 13.5.